The van der Waals surface area contributed by atoms with Crippen LogP contribution in [0.15, 0.2) is 54.9 Å². The maximum absolute atomic E-state index is 13.3. The zero-order valence-corrected chi connectivity index (χ0v) is 16.1. The second kappa shape index (κ2) is 7.86. The van der Waals surface area contributed by atoms with Gasteiger partial charge in [0.05, 0.1) is 18.8 Å². The molecule has 3 aromatic rings. The van der Waals surface area contributed by atoms with Gasteiger partial charge in [0.2, 0.25) is 0 Å². The van der Waals surface area contributed by atoms with Crippen LogP contribution in [0.3, 0.4) is 0 Å². The van der Waals surface area contributed by atoms with E-state index in [-0.39, 0.29) is 11.9 Å². The molecule has 2 heterocycles. The predicted molar refractivity (Wildman–Crippen MR) is 108 cm³/mol. The summed E-state index contributed by atoms with van der Waals surface area (Å²) in [6, 6.07) is 14.0. The summed E-state index contributed by atoms with van der Waals surface area (Å²) >= 11 is 0. The molecule has 0 spiro atoms. The van der Waals surface area contributed by atoms with Crippen molar-refractivity contribution in [2.24, 2.45) is 0 Å². The standard InChI is InChI=1S/C22H24N4O2/c1-3-28-18-6-4-5-15(9-18)14-26-21(13-23-2)19-8-7-16(10-20(19)22(26)27)17-11-24-25-12-17/h4-12,21,23H,3,13-14H2,1-2H3,(H,24,25). The molecule has 144 valence electrons. The van der Waals surface area contributed by atoms with E-state index in [0.29, 0.717) is 19.7 Å². The molecule has 1 amide bonds. The van der Waals surface area contributed by atoms with Crippen LogP contribution in [0.25, 0.3) is 11.1 Å². The fourth-order valence-corrected chi connectivity index (χ4v) is 3.78. The zero-order valence-electron chi connectivity index (χ0n) is 16.1. The van der Waals surface area contributed by atoms with Crippen LogP contribution in [0.5, 0.6) is 5.75 Å². The van der Waals surface area contributed by atoms with Gasteiger partial charge in [0.15, 0.2) is 0 Å². The smallest absolute Gasteiger partial charge is 0.255 e. The van der Waals surface area contributed by atoms with Gasteiger partial charge in [0, 0.05) is 30.4 Å². The molecule has 4 rings (SSSR count). The monoisotopic (exact) mass is 376 g/mol. The number of ether oxygens (including phenoxy) is 1. The Labute approximate surface area is 164 Å². The van der Waals surface area contributed by atoms with Gasteiger partial charge in [-0.15, -0.1) is 0 Å². The molecule has 1 unspecified atom stereocenters. The molecule has 2 aromatic carbocycles. The molecule has 0 radical (unpaired) electrons. The normalized spacial score (nSPS) is 15.7. The molecule has 2 N–H and O–H groups in total. The number of H-pyrrole nitrogens is 1. The number of hydrogen-bond donors (Lipinski definition) is 2. The number of carbonyl (C=O) groups excluding carboxylic acids is 1. The van der Waals surface area contributed by atoms with Crippen molar-refractivity contribution in [3.05, 3.63) is 71.5 Å². The van der Waals surface area contributed by atoms with E-state index in [4.69, 9.17) is 4.74 Å². The summed E-state index contributed by atoms with van der Waals surface area (Å²) in [5.74, 6) is 0.888. The van der Waals surface area contributed by atoms with Gasteiger partial charge in [-0.1, -0.05) is 24.3 Å². The van der Waals surface area contributed by atoms with Crippen molar-refractivity contribution < 1.29 is 9.53 Å². The summed E-state index contributed by atoms with van der Waals surface area (Å²) in [4.78, 5) is 15.2. The second-order valence-corrected chi connectivity index (χ2v) is 6.88. The van der Waals surface area contributed by atoms with E-state index in [1.165, 1.54) is 0 Å². The highest BCUT2D eigenvalue weighted by Crippen LogP contribution is 2.37. The Balaban J connectivity index is 1.65. The molecule has 0 bridgehead atoms. The molecule has 0 saturated carbocycles. The largest absolute Gasteiger partial charge is 0.494 e. The third-order valence-corrected chi connectivity index (χ3v) is 5.07. The number of rotatable bonds is 7. The van der Waals surface area contributed by atoms with E-state index in [1.54, 1.807) is 6.20 Å². The maximum Gasteiger partial charge on any atom is 0.255 e. The summed E-state index contributed by atoms with van der Waals surface area (Å²) in [5, 5.41) is 10.1. The topological polar surface area (TPSA) is 70.2 Å². The van der Waals surface area contributed by atoms with E-state index in [0.717, 1.165) is 33.6 Å². The summed E-state index contributed by atoms with van der Waals surface area (Å²) in [7, 11) is 1.91. The van der Waals surface area contributed by atoms with Crippen molar-refractivity contribution in [2.45, 2.75) is 19.5 Å². The molecule has 0 fully saturated rings. The molecule has 6 heteroatoms. The number of fused-ring (bicyclic) bond motifs is 1. The number of aromatic amines is 1. The number of nitrogens with zero attached hydrogens (tertiary/aromatic N) is 2. The first kappa shape index (κ1) is 18.3. The van der Waals surface area contributed by atoms with E-state index >= 15 is 0 Å². The van der Waals surface area contributed by atoms with Crippen molar-refractivity contribution in [3.63, 3.8) is 0 Å². The quantitative estimate of drug-likeness (QED) is 0.663. The molecular weight excluding hydrogens is 352 g/mol. The maximum atomic E-state index is 13.3. The van der Waals surface area contributed by atoms with Crippen LogP contribution in [0.4, 0.5) is 0 Å². The summed E-state index contributed by atoms with van der Waals surface area (Å²) in [6.45, 7) is 3.83. The van der Waals surface area contributed by atoms with Crippen LogP contribution in [0, 0.1) is 0 Å². The Hall–Kier alpha value is -3.12. The summed E-state index contributed by atoms with van der Waals surface area (Å²) < 4.78 is 5.61. The fourth-order valence-electron chi connectivity index (χ4n) is 3.78. The molecule has 0 aliphatic carbocycles. The van der Waals surface area contributed by atoms with Crippen molar-refractivity contribution >= 4 is 5.91 Å². The van der Waals surface area contributed by atoms with Crippen LogP contribution in [-0.4, -0.2) is 41.2 Å². The molecular formula is C22H24N4O2. The lowest BCUT2D eigenvalue weighted by molar-refractivity contribution is 0.0710. The number of hydrogen-bond acceptors (Lipinski definition) is 4. The van der Waals surface area contributed by atoms with E-state index in [1.807, 2.05) is 55.4 Å². The Bertz CT molecular complexity index is 968. The lowest BCUT2D eigenvalue weighted by Gasteiger charge is -2.25. The molecule has 1 aliphatic heterocycles. The molecule has 1 aliphatic rings. The number of carbonyl (C=O) groups is 1. The fraction of sp³-hybridized carbons (Fsp3) is 0.273. The van der Waals surface area contributed by atoms with Gasteiger partial charge in [-0.3, -0.25) is 9.89 Å². The Morgan fingerprint density at radius 2 is 2.11 bits per heavy atom. The zero-order chi connectivity index (χ0) is 19.5. The first-order chi connectivity index (χ1) is 13.7. The third-order valence-electron chi connectivity index (χ3n) is 5.07. The molecule has 0 saturated heterocycles. The third kappa shape index (κ3) is 3.39. The van der Waals surface area contributed by atoms with Crippen LogP contribution < -0.4 is 10.1 Å². The van der Waals surface area contributed by atoms with Crippen molar-refractivity contribution in [1.82, 2.24) is 20.4 Å². The van der Waals surface area contributed by atoms with Crippen molar-refractivity contribution in [2.75, 3.05) is 20.2 Å². The van der Waals surface area contributed by atoms with Crippen molar-refractivity contribution in [3.8, 4) is 16.9 Å². The van der Waals surface area contributed by atoms with E-state index < -0.39 is 0 Å². The minimum absolute atomic E-state index is 0.00153. The minimum atomic E-state index is 0.00153. The second-order valence-electron chi connectivity index (χ2n) is 6.88. The van der Waals surface area contributed by atoms with E-state index in [2.05, 4.69) is 27.6 Å². The molecule has 1 atom stereocenters. The summed E-state index contributed by atoms with van der Waals surface area (Å²) in [6.07, 6.45) is 3.60. The van der Waals surface area contributed by atoms with Gasteiger partial charge >= 0.3 is 0 Å². The van der Waals surface area contributed by atoms with Gasteiger partial charge in [-0.05, 0) is 48.9 Å². The Morgan fingerprint density at radius 1 is 1.21 bits per heavy atom. The van der Waals surface area contributed by atoms with Crippen LogP contribution >= 0.6 is 0 Å². The van der Waals surface area contributed by atoms with Crippen LogP contribution in [0.1, 0.15) is 34.5 Å². The average molecular weight is 376 g/mol. The highest BCUT2D eigenvalue weighted by atomic mass is 16.5. The Morgan fingerprint density at radius 3 is 2.86 bits per heavy atom. The number of amides is 1. The van der Waals surface area contributed by atoms with Crippen LogP contribution in [-0.2, 0) is 6.54 Å². The number of nitrogens with one attached hydrogen (secondary N) is 2. The number of benzene rings is 2. The molecule has 6 nitrogen and oxygen atoms in total. The highest BCUT2D eigenvalue weighted by Gasteiger charge is 2.36. The van der Waals surface area contributed by atoms with E-state index in [9.17, 15) is 4.79 Å². The van der Waals surface area contributed by atoms with Gasteiger partial charge < -0.3 is 15.0 Å². The summed E-state index contributed by atoms with van der Waals surface area (Å²) in [5.41, 5.74) is 4.85. The Kier molecular flexibility index (Phi) is 5.12. The van der Waals surface area contributed by atoms with Gasteiger partial charge in [0.25, 0.3) is 5.91 Å². The first-order valence-corrected chi connectivity index (χ1v) is 9.51. The molecule has 28 heavy (non-hydrogen) atoms. The van der Waals surface area contributed by atoms with Gasteiger partial charge in [-0.2, -0.15) is 5.10 Å². The molecule has 1 aromatic heterocycles. The SMILES string of the molecule is CCOc1cccc(CN2C(=O)c3cc(-c4cn[nH]c4)ccc3C2CNC)c1. The van der Waals surface area contributed by atoms with Gasteiger partial charge in [-0.25, -0.2) is 0 Å². The van der Waals surface area contributed by atoms with Gasteiger partial charge in [0.1, 0.15) is 5.75 Å². The highest BCUT2D eigenvalue weighted by molar-refractivity contribution is 6.00. The minimum Gasteiger partial charge on any atom is -0.494 e. The van der Waals surface area contributed by atoms with Crippen molar-refractivity contribution in [1.29, 1.82) is 0 Å². The predicted octanol–water partition coefficient (Wildman–Crippen LogP) is 3.39. The average Bonchev–Trinajstić information content (AvgIpc) is 3.32. The first-order valence-electron chi connectivity index (χ1n) is 9.51. The lowest BCUT2D eigenvalue weighted by atomic mass is 9.99. The lowest BCUT2D eigenvalue weighted by Crippen LogP contribution is -2.33. The number of likely N-dealkylation sites (N-methyl/N-ethyl adjacent to an activating group) is 1. The van der Waals surface area contributed by atoms with Crippen LogP contribution in [0.2, 0.25) is 0 Å². The number of aromatic nitrogens is 2.